The summed E-state index contributed by atoms with van der Waals surface area (Å²) in [6, 6.07) is 0. The summed E-state index contributed by atoms with van der Waals surface area (Å²) in [5.41, 5.74) is 0. The predicted octanol–water partition coefficient (Wildman–Crippen LogP) is 0.146. The average Bonchev–Trinajstić information content (AvgIpc) is 1.61. The van der Waals surface area contributed by atoms with Crippen molar-refractivity contribution in [2.75, 3.05) is 0 Å². The molecular weight excluding hydrogens is 155 g/mol. The van der Waals surface area contributed by atoms with E-state index in [2.05, 4.69) is 10.2 Å². The molecule has 0 spiro atoms. The molecule has 7 heteroatoms. The standard InChI is InChI=1S/C2H2N2O4.K.H/c5-1(6)3-4-2(7)8;;/h(H,5,6)(H,7,8);;/b4-3+;;. The van der Waals surface area contributed by atoms with Gasteiger partial charge in [0, 0.05) is 0 Å². The summed E-state index contributed by atoms with van der Waals surface area (Å²) in [6.45, 7) is 0. The number of amides is 2. The molecule has 0 saturated carbocycles. The van der Waals surface area contributed by atoms with E-state index in [0.717, 1.165) is 0 Å². The molecule has 46 valence electrons. The molecular formula is C2H3KN2O4. The van der Waals surface area contributed by atoms with Gasteiger partial charge in [0.2, 0.25) is 0 Å². The van der Waals surface area contributed by atoms with E-state index in [1.165, 1.54) is 0 Å². The molecule has 0 aromatic rings. The third kappa shape index (κ3) is 11.6. The molecule has 0 radical (unpaired) electrons. The number of hydrogen-bond donors (Lipinski definition) is 2. The summed E-state index contributed by atoms with van der Waals surface area (Å²) >= 11 is 0. The van der Waals surface area contributed by atoms with Crippen molar-refractivity contribution in [3.63, 3.8) is 0 Å². The van der Waals surface area contributed by atoms with Gasteiger partial charge in [0.15, 0.2) is 0 Å². The molecule has 2 N–H and O–H groups in total. The molecule has 0 fully saturated rings. The first kappa shape index (κ1) is 11.9. The van der Waals surface area contributed by atoms with Crippen molar-refractivity contribution in [2.24, 2.45) is 10.2 Å². The molecule has 0 aromatic carbocycles. The third-order valence-corrected chi connectivity index (χ3v) is 0.221. The van der Waals surface area contributed by atoms with E-state index in [9.17, 15) is 9.59 Å². The third-order valence-electron chi connectivity index (χ3n) is 0.221. The van der Waals surface area contributed by atoms with Crippen LogP contribution in [0.1, 0.15) is 0 Å². The maximum absolute atomic E-state index is 9.38. The zero-order valence-corrected chi connectivity index (χ0v) is 3.61. The zero-order chi connectivity index (χ0) is 6.57. The SMILES string of the molecule is O=C(O)/N=N/C(=O)O.[KH]. The fourth-order valence-electron chi connectivity index (χ4n) is 0.0855. The second kappa shape index (κ2) is 6.30. The average molecular weight is 158 g/mol. The second-order valence-corrected chi connectivity index (χ2v) is 0.765. The van der Waals surface area contributed by atoms with E-state index in [1.54, 1.807) is 0 Å². The van der Waals surface area contributed by atoms with Crippen LogP contribution >= 0.6 is 0 Å². The topological polar surface area (TPSA) is 99.3 Å². The fourth-order valence-corrected chi connectivity index (χ4v) is 0.0855. The summed E-state index contributed by atoms with van der Waals surface area (Å²) in [5, 5.41) is 19.8. The molecule has 2 amide bonds. The van der Waals surface area contributed by atoms with Crippen molar-refractivity contribution >= 4 is 63.6 Å². The molecule has 0 saturated heterocycles. The first-order valence-corrected chi connectivity index (χ1v) is 1.50. The van der Waals surface area contributed by atoms with Crippen molar-refractivity contribution in [1.82, 2.24) is 0 Å². The van der Waals surface area contributed by atoms with Crippen LogP contribution in [0.3, 0.4) is 0 Å². The maximum atomic E-state index is 9.38. The molecule has 0 atom stereocenters. The number of rotatable bonds is 0. The summed E-state index contributed by atoms with van der Waals surface area (Å²) in [4.78, 5) is 18.8. The van der Waals surface area contributed by atoms with Crippen LogP contribution in [0.25, 0.3) is 0 Å². The number of carbonyl (C=O) groups is 2. The second-order valence-electron chi connectivity index (χ2n) is 0.765. The van der Waals surface area contributed by atoms with E-state index < -0.39 is 12.2 Å². The van der Waals surface area contributed by atoms with Gasteiger partial charge >= 0.3 is 63.6 Å². The number of hydrogen-bond acceptors (Lipinski definition) is 2. The molecule has 0 heterocycles. The molecule has 0 unspecified atom stereocenters. The monoisotopic (exact) mass is 158 g/mol. The van der Waals surface area contributed by atoms with Gasteiger partial charge in [-0.25, -0.2) is 9.59 Å². The van der Waals surface area contributed by atoms with Gasteiger partial charge in [0.1, 0.15) is 0 Å². The molecule has 0 aliphatic rings. The van der Waals surface area contributed by atoms with E-state index in [4.69, 9.17) is 10.2 Å². The van der Waals surface area contributed by atoms with Crippen molar-refractivity contribution in [1.29, 1.82) is 0 Å². The van der Waals surface area contributed by atoms with Crippen molar-refractivity contribution < 1.29 is 19.8 Å². The van der Waals surface area contributed by atoms with Crippen LogP contribution in [0.2, 0.25) is 0 Å². The van der Waals surface area contributed by atoms with Crippen molar-refractivity contribution in [3.05, 3.63) is 0 Å². The van der Waals surface area contributed by atoms with E-state index in [-0.39, 0.29) is 51.4 Å². The zero-order valence-electron chi connectivity index (χ0n) is 3.61. The van der Waals surface area contributed by atoms with Gasteiger partial charge in [0.05, 0.1) is 0 Å². The van der Waals surface area contributed by atoms with Crippen LogP contribution in [0.4, 0.5) is 9.59 Å². The Morgan fingerprint density at radius 2 is 1.22 bits per heavy atom. The normalized spacial score (nSPS) is 8.44. The minimum absolute atomic E-state index is 0. The Bertz CT molecular complexity index is 128. The first-order chi connectivity index (χ1) is 3.63. The Labute approximate surface area is 92.4 Å². The number of azo groups is 1. The van der Waals surface area contributed by atoms with Crippen LogP contribution in [-0.4, -0.2) is 73.8 Å². The minimum atomic E-state index is -1.62. The Balaban J connectivity index is 0. The van der Waals surface area contributed by atoms with Gasteiger partial charge in [-0.1, -0.05) is 10.2 Å². The molecule has 0 aromatic heterocycles. The summed E-state index contributed by atoms with van der Waals surface area (Å²) in [5.74, 6) is 0. The van der Waals surface area contributed by atoms with Gasteiger partial charge in [-0.15, -0.1) is 0 Å². The van der Waals surface area contributed by atoms with E-state index >= 15 is 0 Å². The van der Waals surface area contributed by atoms with Gasteiger partial charge in [-0.2, -0.15) is 0 Å². The summed E-state index contributed by atoms with van der Waals surface area (Å²) in [6.07, 6.45) is -3.24. The van der Waals surface area contributed by atoms with Crippen LogP contribution in [-0.2, 0) is 0 Å². The Kier molecular flexibility index (Phi) is 8.34. The molecule has 0 aliphatic heterocycles. The summed E-state index contributed by atoms with van der Waals surface area (Å²) in [7, 11) is 0. The fraction of sp³-hybridized carbons (Fsp3) is 0. The first-order valence-electron chi connectivity index (χ1n) is 1.50. The molecule has 6 nitrogen and oxygen atoms in total. The summed E-state index contributed by atoms with van der Waals surface area (Å²) < 4.78 is 0. The van der Waals surface area contributed by atoms with Gasteiger partial charge in [-0.05, 0) is 0 Å². The van der Waals surface area contributed by atoms with Crippen LogP contribution < -0.4 is 0 Å². The van der Waals surface area contributed by atoms with Crippen molar-refractivity contribution in [3.8, 4) is 0 Å². The van der Waals surface area contributed by atoms with Crippen LogP contribution in [0.15, 0.2) is 10.2 Å². The van der Waals surface area contributed by atoms with Gasteiger partial charge in [0.25, 0.3) is 0 Å². The number of nitrogens with zero attached hydrogens (tertiary/aromatic N) is 2. The molecule has 0 aliphatic carbocycles. The quantitative estimate of drug-likeness (QED) is 0.387. The number of carboxylic acid groups (broad SMARTS) is 2. The molecule has 0 rings (SSSR count). The van der Waals surface area contributed by atoms with Crippen LogP contribution in [0, 0.1) is 0 Å². The Morgan fingerprint density at radius 3 is 1.33 bits per heavy atom. The van der Waals surface area contributed by atoms with Gasteiger partial charge in [-0.3, -0.25) is 0 Å². The predicted molar refractivity (Wildman–Crippen MR) is 28.1 cm³/mol. The molecule has 0 bridgehead atoms. The Morgan fingerprint density at radius 1 is 1.00 bits per heavy atom. The van der Waals surface area contributed by atoms with E-state index in [0.29, 0.717) is 0 Å². The Hall–Kier alpha value is 0.176. The van der Waals surface area contributed by atoms with E-state index in [1.807, 2.05) is 0 Å². The van der Waals surface area contributed by atoms with Crippen LogP contribution in [0.5, 0.6) is 0 Å². The van der Waals surface area contributed by atoms with Gasteiger partial charge < -0.3 is 10.2 Å². The van der Waals surface area contributed by atoms with Crippen molar-refractivity contribution in [2.45, 2.75) is 0 Å². The molecule has 9 heavy (non-hydrogen) atoms.